The smallest absolute Gasteiger partial charge is 0.109 e. The molecule has 1 aromatic heterocycles. The summed E-state index contributed by atoms with van der Waals surface area (Å²) in [6, 6.07) is 3.95. The molecule has 52 valence electrons. The molecule has 0 atom stereocenters. The van der Waals surface area contributed by atoms with Gasteiger partial charge >= 0.3 is 0 Å². The molecule has 0 aliphatic carbocycles. The molecule has 1 aromatic rings. The number of aromatic nitrogens is 1. The molecule has 0 aliphatic heterocycles. The van der Waals surface area contributed by atoms with Gasteiger partial charge in [0.25, 0.3) is 0 Å². The summed E-state index contributed by atoms with van der Waals surface area (Å²) in [5.74, 6) is 0. The minimum absolute atomic E-state index is 0.869. The second-order valence-electron chi connectivity index (χ2n) is 1.95. The van der Waals surface area contributed by atoms with Crippen LogP contribution in [0.25, 0.3) is 0 Å². The van der Waals surface area contributed by atoms with E-state index in [4.69, 9.17) is 0 Å². The Bertz CT molecular complexity index is 232. The Morgan fingerprint density at radius 3 is 3.10 bits per heavy atom. The first-order chi connectivity index (χ1) is 4.84. The molecule has 0 radical (unpaired) electrons. The van der Waals surface area contributed by atoms with Crippen molar-refractivity contribution in [1.82, 2.24) is 4.98 Å². The molecule has 0 spiro atoms. The lowest BCUT2D eigenvalue weighted by atomic mass is 10.2. The average molecular weight is 198 g/mol. The van der Waals surface area contributed by atoms with Crippen molar-refractivity contribution in [1.29, 1.82) is 0 Å². The van der Waals surface area contributed by atoms with E-state index >= 15 is 0 Å². The van der Waals surface area contributed by atoms with E-state index < -0.39 is 0 Å². The van der Waals surface area contributed by atoms with Gasteiger partial charge in [-0.25, -0.2) is 4.98 Å². The second-order valence-corrected chi connectivity index (χ2v) is 2.70. The first kappa shape index (κ1) is 7.48. The monoisotopic (exact) mass is 197 g/mol. The molecule has 0 bridgehead atoms. The van der Waals surface area contributed by atoms with Crippen molar-refractivity contribution in [3.05, 3.63) is 41.2 Å². The van der Waals surface area contributed by atoms with Crippen LogP contribution in [0, 0.1) is 0 Å². The van der Waals surface area contributed by atoms with E-state index in [9.17, 15) is 0 Å². The van der Waals surface area contributed by atoms with Crippen LogP contribution in [0.15, 0.2) is 35.6 Å². The number of pyridine rings is 1. The van der Waals surface area contributed by atoms with Crippen LogP contribution >= 0.6 is 15.9 Å². The maximum absolute atomic E-state index is 4.07. The average Bonchev–Trinajstić information content (AvgIpc) is 1.94. The third-order valence-corrected chi connectivity index (χ3v) is 1.91. The lowest BCUT2D eigenvalue weighted by Crippen LogP contribution is -1.84. The highest BCUT2D eigenvalue weighted by molar-refractivity contribution is 9.10. The Labute approximate surface area is 68.9 Å². The highest BCUT2D eigenvalue weighted by atomic mass is 79.9. The summed E-state index contributed by atoms with van der Waals surface area (Å²) in [4.78, 5) is 4.07. The molecule has 1 rings (SSSR count). The van der Waals surface area contributed by atoms with E-state index in [1.165, 1.54) is 5.56 Å². The summed E-state index contributed by atoms with van der Waals surface area (Å²) < 4.78 is 0.912. The molecule has 0 amide bonds. The Hall–Kier alpha value is -0.630. The summed E-state index contributed by atoms with van der Waals surface area (Å²) in [5, 5.41) is 0. The molecule has 0 saturated heterocycles. The molecule has 0 saturated carbocycles. The molecule has 2 heteroatoms. The van der Waals surface area contributed by atoms with Gasteiger partial charge in [-0.1, -0.05) is 12.1 Å². The van der Waals surface area contributed by atoms with Crippen LogP contribution in [-0.2, 0) is 6.42 Å². The Morgan fingerprint density at radius 2 is 2.50 bits per heavy atom. The lowest BCUT2D eigenvalue weighted by Gasteiger charge is -1.96. The molecule has 0 fully saturated rings. The largest absolute Gasteiger partial charge is 0.249 e. The van der Waals surface area contributed by atoms with E-state index in [1.807, 2.05) is 18.2 Å². The maximum atomic E-state index is 4.07. The third kappa shape index (κ3) is 1.67. The van der Waals surface area contributed by atoms with Gasteiger partial charge in [0.1, 0.15) is 4.60 Å². The standard InChI is InChI=1S/C8H8BrN/c1-2-4-7-5-3-6-10-8(7)9/h2-3,5-6H,1,4H2. The topological polar surface area (TPSA) is 12.9 Å². The van der Waals surface area contributed by atoms with E-state index in [1.54, 1.807) is 6.20 Å². The molecule has 0 N–H and O–H groups in total. The maximum Gasteiger partial charge on any atom is 0.109 e. The fourth-order valence-corrected chi connectivity index (χ4v) is 1.14. The fourth-order valence-electron chi connectivity index (χ4n) is 0.727. The second kappa shape index (κ2) is 3.52. The van der Waals surface area contributed by atoms with Gasteiger partial charge in [-0.05, 0) is 34.0 Å². The van der Waals surface area contributed by atoms with Crippen molar-refractivity contribution in [2.45, 2.75) is 6.42 Å². The summed E-state index contributed by atoms with van der Waals surface area (Å²) in [7, 11) is 0. The fraction of sp³-hybridized carbons (Fsp3) is 0.125. The number of rotatable bonds is 2. The third-order valence-electron chi connectivity index (χ3n) is 1.20. The Morgan fingerprint density at radius 1 is 1.70 bits per heavy atom. The van der Waals surface area contributed by atoms with Crippen molar-refractivity contribution in [2.75, 3.05) is 0 Å². The van der Waals surface area contributed by atoms with E-state index in [0.717, 1.165) is 11.0 Å². The number of halogens is 1. The molecule has 0 aromatic carbocycles. The van der Waals surface area contributed by atoms with Gasteiger partial charge in [-0.3, -0.25) is 0 Å². The van der Waals surface area contributed by atoms with Crippen LogP contribution in [0.4, 0.5) is 0 Å². The number of hydrogen-bond acceptors (Lipinski definition) is 1. The summed E-state index contributed by atoms with van der Waals surface area (Å²) in [6.45, 7) is 3.65. The predicted molar refractivity (Wildman–Crippen MR) is 45.8 cm³/mol. The highest BCUT2D eigenvalue weighted by Gasteiger charge is 1.94. The first-order valence-corrected chi connectivity index (χ1v) is 3.84. The van der Waals surface area contributed by atoms with Gasteiger partial charge in [0.2, 0.25) is 0 Å². The molecule has 1 nitrogen and oxygen atoms in total. The zero-order valence-corrected chi connectivity index (χ0v) is 7.13. The Kier molecular flexibility index (Phi) is 2.63. The van der Waals surface area contributed by atoms with Gasteiger partial charge in [0.05, 0.1) is 0 Å². The van der Waals surface area contributed by atoms with Crippen LogP contribution in [0.3, 0.4) is 0 Å². The SMILES string of the molecule is C=CCc1cccnc1Br. The van der Waals surface area contributed by atoms with Crippen LogP contribution in [-0.4, -0.2) is 4.98 Å². The number of hydrogen-bond donors (Lipinski definition) is 0. The predicted octanol–water partition coefficient (Wildman–Crippen LogP) is 2.57. The molecule has 10 heavy (non-hydrogen) atoms. The number of allylic oxidation sites excluding steroid dienone is 1. The van der Waals surface area contributed by atoms with Crippen molar-refractivity contribution in [3.63, 3.8) is 0 Å². The van der Waals surface area contributed by atoms with Gasteiger partial charge in [-0.15, -0.1) is 6.58 Å². The van der Waals surface area contributed by atoms with Crippen LogP contribution < -0.4 is 0 Å². The van der Waals surface area contributed by atoms with Crippen molar-refractivity contribution in [2.24, 2.45) is 0 Å². The minimum Gasteiger partial charge on any atom is -0.249 e. The van der Waals surface area contributed by atoms with Gasteiger partial charge < -0.3 is 0 Å². The highest BCUT2D eigenvalue weighted by Crippen LogP contribution is 2.12. The minimum atomic E-state index is 0.869. The summed E-state index contributed by atoms with van der Waals surface area (Å²) in [5.41, 5.74) is 1.18. The van der Waals surface area contributed by atoms with Crippen LogP contribution in [0.1, 0.15) is 5.56 Å². The summed E-state index contributed by atoms with van der Waals surface area (Å²) >= 11 is 3.34. The van der Waals surface area contributed by atoms with Gasteiger partial charge in [0.15, 0.2) is 0 Å². The van der Waals surface area contributed by atoms with E-state index in [-0.39, 0.29) is 0 Å². The van der Waals surface area contributed by atoms with Crippen molar-refractivity contribution in [3.8, 4) is 0 Å². The van der Waals surface area contributed by atoms with Crippen molar-refractivity contribution >= 4 is 15.9 Å². The van der Waals surface area contributed by atoms with E-state index in [0.29, 0.717) is 0 Å². The van der Waals surface area contributed by atoms with Gasteiger partial charge in [-0.2, -0.15) is 0 Å². The zero-order chi connectivity index (χ0) is 7.40. The zero-order valence-electron chi connectivity index (χ0n) is 5.55. The quantitative estimate of drug-likeness (QED) is 0.525. The Balaban J connectivity index is 2.91. The molecular formula is C8H8BrN. The van der Waals surface area contributed by atoms with Crippen LogP contribution in [0.5, 0.6) is 0 Å². The first-order valence-electron chi connectivity index (χ1n) is 3.05. The van der Waals surface area contributed by atoms with Gasteiger partial charge in [0, 0.05) is 6.20 Å². The van der Waals surface area contributed by atoms with Crippen molar-refractivity contribution < 1.29 is 0 Å². The molecule has 0 aliphatic rings. The lowest BCUT2D eigenvalue weighted by molar-refractivity contribution is 1.15. The van der Waals surface area contributed by atoms with E-state index in [2.05, 4.69) is 27.5 Å². The molecular weight excluding hydrogens is 190 g/mol. The molecule has 1 heterocycles. The number of nitrogens with zero attached hydrogens (tertiary/aromatic N) is 1. The normalized spacial score (nSPS) is 9.30. The summed E-state index contributed by atoms with van der Waals surface area (Å²) in [6.07, 6.45) is 4.49. The van der Waals surface area contributed by atoms with Crippen LogP contribution in [0.2, 0.25) is 0 Å². The molecule has 0 unspecified atom stereocenters.